The molecule has 1 aliphatic heterocycles. The zero-order valence-corrected chi connectivity index (χ0v) is 15.8. The average molecular weight is 375 g/mol. The second kappa shape index (κ2) is 6.72. The molecule has 5 rings (SSSR count). The van der Waals surface area contributed by atoms with Gasteiger partial charge in [0.05, 0.1) is 24.8 Å². The van der Waals surface area contributed by atoms with Gasteiger partial charge in [-0.1, -0.05) is 6.07 Å². The molecule has 0 aliphatic carbocycles. The Morgan fingerprint density at radius 2 is 2.14 bits per heavy atom. The Balaban J connectivity index is 1.74. The second-order valence-corrected chi connectivity index (χ2v) is 7.09. The number of nitrogens with one attached hydrogen (secondary N) is 2. The van der Waals surface area contributed by atoms with Crippen molar-refractivity contribution in [1.29, 1.82) is 0 Å². The van der Waals surface area contributed by atoms with E-state index in [1.54, 1.807) is 6.20 Å². The lowest BCUT2D eigenvalue weighted by molar-refractivity contribution is 0.0986. The highest BCUT2D eigenvalue weighted by Crippen LogP contribution is 2.34. The number of morpholine rings is 1. The summed E-state index contributed by atoms with van der Waals surface area (Å²) in [6.07, 6.45) is 3.68. The highest BCUT2D eigenvalue weighted by Gasteiger charge is 2.24. The van der Waals surface area contributed by atoms with Gasteiger partial charge in [-0.05, 0) is 32.0 Å². The molecular formula is C20H21N7O. The Labute approximate surface area is 162 Å². The Bertz CT molecular complexity index is 1100. The molecule has 0 aromatic carbocycles. The van der Waals surface area contributed by atoms with Gasteiger partial charge < -0.3 is 9.64 Å². The van der Waals surface area contributed by atoms with E-state index in [4.69, 9.17) is 9.72 Å². The number of nitrogens with zero attached hydrogens (tertiary/aromatic N) is 5. The maximum absolute atomic E-state index is 5.60. The van der Waals surface area contributed by atoms with Gasteiger partial charge in [-0.15, -0.1) is 0 Å². The number of ether oxygens (including phenoxy) is 1. The van der Waals surface area contributed by atoms with Crippen molar-refractivity contribution >= 4 is 16.9 Å². The van der Waals surface area contributed by atoms with Crippen molar-refractivity contribution in [2.75, 3.05) is 24.7 Å². The molecule has 1 aliphatic rings. The Hall–Kier alpha value is -3.26. The minimum absolute atomic E-state index is 0.253. The number of hydrogen-bond donors (Lipinski definition) is 2. The number of fused-ring (bicyclic) bond motifs is 1. The van der Waals surface area contributed by atoms with Crippen LogP contribution in [0.1, 0.15) is 12.6 Å². The van der Waals surface area contributed by atoms with Gasteiger partial charge in [-0.2, -0.15) is 10.2 Å². The van der Waals surface area contributed by atoms with Gasteiger partial charge >= 0.3 is 0 Å². The zero-order valence-electron chi connectivity index (χ0n) is 15.8. The Morgan fingerprint density at radius 1 is 1.21 bits per heavy atom. The predicted octanol–water partition coefficient (Wildman–Crippen LogP) is 2.94. The highest BCUT2D eigenvalue weighted by molar-refractivity contribution is 5.99. The molecule has 1 fully saturated rings. The van der Waals surface area contributed by atoms with Crippen LogP contribution in [-0.2, 0) is 4.74 Å². The molecule has 4 aromatic heterocycles. The first-order chi connectivity index (χ1) is 13.7. The molecule has 0 unspecified atom stereocenters. The molecule has 1 saturated heterocycles. The molecule has 1 atom stereocenters. The molecular weight excluding hydrogens is 354 g/mol. The van der Waals surface area contributed by atoms with Crippen LogP contribution in [0.5, 0.6) is 0 Å². The Morgan fingerprint density at radius 3 is 2.89 bits per heavy atom. The third kappa shape index (κ3) is 2.82. The monoisotopic (exact) mass is 375 g/mol. The highest BCUT2D eigenvalue weighted by atomic mass is 16.5. The number of H-pyrrole nitrogens is 2. The van der Waals surface area contributed by atoms with E-state index in [-0.39, 0.29) is 6.04 Å². The van der Waals surface area contributed by atoms with Crippen LogP contribution < -0.4 is 4.90 Å². The molecule has 2 N–H and O–H groups in total. The van der Waals surface area contributed by atoms with E-state index in [2.05, 4.69) is 49.3 Å². The molecule has 4 aromatic rings. The van der Waals surface area contributed by atoms with Gasteiger partial charge in [0.25, 0.3) is 0 Å². The molecule has 8 heteroatoms. The largest absolute Gasteiger partial charge is 0.377 e. The predicted molar refractivity (Wildman–Crippen MR) is 107 cm³/mol. The van der Waals surface area contributed by atoms with Crippen LogP contribution in [0.3, 0.4) is 0 Å². The third-order valence-corrected chi connectivity index (χ3v) is 5.14. The van der Waals surface area contributed by atoms with Crippen LogP contribution in [0.4, 0.5) is 5.82 Å². The van der Waals surface area contributed by atoms with Crippen LogP contribution in [0, 0.1) is 6.92 Å². The quantitative estimate of drug-likeness (QED) is 0.572. The summed E-state index contributed by atoms with van der Waals surface area (Å²) in [6.45, 7) is 6.34. The fourth-order valence-corrected chi connectivity index (χ4v) is 3.62. The van der Waals surface area contributed by atoms with E-state index in [1.165, 1.54) is 0 Å². The van der Waals surface area contributed by atoms with E-state index in [0.29, 0.717) is 13.2 Å². The van der Waals surface area contributed by atoms with Gasteiger partial charge in [0.15, 0.2) is 0 Å². The van der Waals surface area contributed by atoms with Crippen LogP contribution in [0.25, 0.3) is 33.5 Å². The molecule has 5 heterocycles. The van der Waals surface area contributed by atoms with Crippen molar-refractivity contribution in [2.24, 2.45) is 0 Å². The van der Waals surface area contributed by atoms with Crippen molar-refractivity contribution in [3.05, 3.63) is 42.4 Å². The number of aromatic amines is 2. The molecule has 28 heavy (non-hydrogen) atoms. The lowest BCUT2D eigenvalue weighted by atomic mass is 10.1. The van der Waals surface area contributed by atoms with Gasteiger partial charge in [-0.25, -0.2) is 4.98 Å². The fourth-order valence-electron chi connectivity index (χ4n) is 3.62. The minimum atomic E-state index is 0.253. The summed E-state index contributed by atoms with van der Waals surface area (Å²) in [5, 5.41) is 14.8. The van der Waals surface area contributed by atoms with Gasteiger partial charge in [0, 0.05) is 35.8 Å². The molecule has 0 bridgehead atoms. The Kier molecular flexibility index (Phi) is 4.05. The molecule has 0 amide bonds. The van der Waals surface area contributed by atoms with Gasteiger partial charge in [0.2, 0.25) is 0 Å². The molecule has 0 radical (unpaired) electrons. The van der Waals surface area contributed by atoms with Gasteiger partial charge in [-0.3, -0.25) is 15.2 Å². The molecule has 0 saturated carbocycles. The number of hydrogen-bond acceptors (Lipinski definition) is 6. The second-order valence-electron chi connectivity index (χ2n) is 7.09. The van der Waals surface area contributed by atoms with E-state index < -0.39 is 0 Å². The normalized spacial score (nSPS) is 17.4. The van der Waals surface area contributed by atoms with Crippen LogP contribution in [0.15, 0.2) is 36.7 Å². The van der Waals surface area contributed by atoms with Crippen molar-refractivity contribution in [1.82, 2.24) is 30.4 Å². The standard InChI is InChI=1S/C20H21N7O/c1-12-3-4-14(10-21-12)15-9-17(27-7-8-28-11-13(27)2)23-20-18(15)25-26-19(20)16-5-6-22-24-16/h3-6,9-10,13H,7-8,11H2,1-2H3,(H,22,24)(H,25,26)/t13-/m1/s1. The molecule has 8 nitrogen and oxygen atoms in total. The topological polar surface area (TPSA) is 95.6 Å². The number of rotatable bonds is 3. The van der Waals surface area contributed by atoms with Crippen molar-refractivity contribution in [3.8, 4) is 22.5 Å². The van der Waals surface area contributed by atoms with Crippen LogP contribution in [0.2, 0.25) is 0 Å². The summed E-state index contributed by atoms with van der Waals surface area (Å²) in [4.78, 5) is 11.7. The van der Waals surface area contributed by atoms with E-state index >= 15 is 0 Å². The molecule has 0 spiro atoms. The van der Waals surface area contributed by atoms with E-state index in [1.807, 2.05) is 25.3 Å². The SMILES string of the molecule is Cc1ccc(-c2cc(N3CCOC[C@H]3C)nc3c(-c4cc[nH]n4)n[nH]c23)cn1. The maximum atomic E-state index is 5.60. The maximum Gasteiger partial charge on any atom is 0.139 e. The van der Waals surface area contributed by atoms with Gasteiger partial charge in [0.1, 0.15) is 22.7 Å². The lowest BCUT2D eigenvalue weighted by Crippen LogP contribution is -2.44. The first kappa shape index (κ1) is 16.9. The lowest BCUT2D eigenvalue weighted by Gasteiger charge is -2.34. The minimum Gasteiger partial charge on any atom is -0.377 e. The number of aromatic nitrogens is 6. The summed E-state index contributed by atoms with van der Waals surface area (Å²) >= 11 is 0. The summed E-state index contributed by atoms with van der Waals surface area (Å²) < 4.78 is 5.60. The van der Waals surface area contributed by atoms with Crippen LogP contribution >= 0.6 is 0 Å². The van der Waals surface area contributed by atoms with E-state index in [9.17, 15) is 0 Å². The zero-order chi connectivity index (χ0) is 19.1. The van der Waals surface area contributed by atoms with E-state index in [0.717, 1.165) is 51.6 Å². The first-order valence-electron chi connectivity index (χ1n) is 9.37. The number of anilines is 1. The van der Waals surface area contributed by atoms with Crippen molar-refractivity contribution < 1.29 is 4.74 Å². The molecule has 142 valence electrons. The van der Waals surface area contributed by atoms with Crippen LogP contribution in [-0.4, -0.2) is 56.2 Å². The van der Waals surface area contributed by atoms with Crippen molar-refractivity contribution in [2.45, 2.75) is 19.9 Å². The fraction of sp³-hybridized carbons (Fsp3) is 0.300. The first-order valence-corrected chi connectivity index (χ1v) is 9.37. The average Bonchev–Trinajstić information content (AvgIpc) is 3.38. The third-order valence-electron chi connectivity index (χ3n) is 5.14. The summed E-state index contributed by atoms with van der Waals surface area (Å²) in [6, 6.07) is 8.36. The van der Waals surface area contributed by atoms with Crippen molar-refractivity contribution in [3.63, 3.8) is 0 Å². The number of pyridine rings is 2. The smallest absolute Gasteiger partial charge is 0.139 e. The summed E-state index contributed by atoms with van der Waals surface area (Å²) in [5.74, 6) is 0.914. The summed E-state index contributed by atoms with van der Waals surface area (Å²) in [5.41, 5.74) is 6.22. The summed E-state index contributed by atoms with van der Waals surface area (Å²) in [7, 11) is 0. The number of aryl methyl sites for hydroxylation is 1.